The van der Waals surface area contributed by atoms with E-state index in [0.717, 1.165) is 12.8 Å². The van der Waals surface area contributed by atoms with E-state index < -0.39 is 0 Å². The minimum absolute atomic E-state index is 0.209. The number of pyridine rings is 1. The molecule has 0 bridgehead atoms. The Hall–Kier alpha value is -1.66. The van der Waals surface area contributed by atoms with Crippen LogP contribution in [0.5, 0.6) is 0 Å². The van der Waals surface area contributed by atoms with Gasteiger partial charge in [-0.05, 0) is 19.1 Å². The standard InChI is InChI=1S/C15H22N2O4/c1-3-21-14(18)12-4-5-13(16-10-12)17-11-15(19-2)6-8-20-9-7-15/h4-5,10H,3,6-9,11H2,1-2H3,(H,16,17). The molecule has 1 fully saturated rings. The zero-order valence-electron chi connectivity index (χ0n) is 12.6. The number of aromatic nitrogens is 1. The van der Waals surface area contributed by atoms with Crippen LogP contribution in [0.3, 0.4) is 0 Å². The number of ether oxygens (including phenoxy) is 3. The van der Waals surface area contributed by atoms with Crippen molar-refractivity contribution in [3.05, 3.63) is 23.9 Å². The van der Waals surface area contributed by atoms with Gasteiger partial charge in [-0.25, -0.2) is 9.78 Å². The van der Waals surface area contributed by atoms with Crippen molar-refractivity contribution in [3.8, 4) is 0 Å². The van der Waals surface area contributed by atoms with Gasteiger partial charge in [0, 0.05) is 45.9 Å². The van der Waals surface area contributed by atoms with Crippen molar-refractivity contribution >= 4 is 11.8 Å². The quantitative estimate of drug-likeness (QED) is 0.808. The van der Waals surface area contributed by atoms with E-state index in [-0.39, 0.29) is 11.6 Å². The number of anilines is 1. The summed E-state index contributed by atoms with van der Waals surface area (Å²) in [5, 5.41) is 3.26. The maximum Gasteiger partial charge on any atom is 0.339 e. The Bertz CT molecular complexity index is 455. The zero-order chi connectivity index (χ0) is 15.1. The number of rotatable bonds is 6. The summed E-state index contributed by atoms with van der Waals surface area (Å²) in [6.45, 7) is 4.23. The fourth-order valence-corrected chi connectivity index (χ4v) is 2.28. The molecule has 2 heterocycles. The Kier molecular flexibility index (Phi) is 5.52. The maximum atomic E-state index is 11.5. The minimum atomic E-state index is -0.352. The maximum absolute atomic E-state index is 11.5. The van der Waals surface area contributed by atoms with E-state index in [1.54, 1.807) is 26.2 Å². The monoisotopic (exact) mass is 294 g/mol. The highest BCUT2D eigenvalue weighted by molar-refractivity contribution is 5.89. The van der Waals surface area contributed by atoms with Crippen molar-refractivity contribution < 1.29 is 19.0 Å². The van der Waals surface area contributed by atoms with E-state index in [9.17, 15) is 4.79 Å². The van der Waals surface area contributed by atoms with Gasteiger partial charge in [0.05, 0.1) is 17.8 Å². The second-order valence-corrected chi connectivity index (χ2v) is 5.01. The lowest BCUT2D eigenvalue weighted by Crippen LogP contribution is -2.44. The molecule has 21 heavy (non-hydrogen) atoms. The molecular formula is C15H22N2O4. The molecule has 1 aromatic heterocycles. The normalized spacial score (nSPS) is 17.2. The van der Waals surface area contributed by atoms with E-state index in [1.807, 2.05) is 0 Å². The van der Waals surface area contributed by atoms with Crippen LogP contribution in [0.25, 0.3) is 0 Å². The zero-order valence-corrected chi connectivity index (χ0v) is 12.6. The molecule has 1 aromatic rings. The van der Waals surface area contributed by atoms with Crippen LogP contribution in [0.15, 0.2) is 18.3 Å². The molecule has 6 nitrogen and oxygen atoms in total. The predicted octanol–water partition coefficient (Wildman–Crippen LogP) is 1.87. The molecule has 0 spiro atoms. The molecule has 6 heteroatoms. The number of carbonyl (C=O) groups excluding carboxylic acids is 1. The van der Waals surface area contributed by atoms with Gasteiger partial charge in [0.2, 0.25) is 0 Å². The first kappa shape index (κ1) is 15.7. The molecule has 1 N–H and O–H groups in total. The van der Waals surface area contributed by atoms with Gasteiger partial charge in [-0.1, -0.05) is 0 Å². The van der Waals surface area contributed by atoms with Crippen molar-refractivity contribution in [2.24, 2.45) is 0 Å². The molecular weight excluding hydrogens is 272 g/mol. The second-order valence-electron chi connectivity index (χ2n) is 5.01. The fraction of sp³-hybridized carbons (Fsp3) is 0.600. The summed E-state index contributed by atoms with van der Waals surface area (Å²) < 4.78 is 15.9. The first-order valence-corrected chi connectivity index (χ1v) is 7.19. The van der Waals surface area contributed by atoms with Crippen molar-refractivity contribution in [2.75, 3.05) is 38.8 Å². The van der Waals surface area contributed by atoms with Gasteiger partial charge < -0.3 is 19.5 Å². The van der Waals surface area contributed by atoms with Crippen LogP contribution in [0.1, 0.15) is 30.1 Å². The lowest BCUT2D eigenvalue weighted by atomic mass is 9.94. The molecule has 0 aromatic carbocycles. The third-order valence-corrected chi connectivity index (χ3v) is 3.70. The first-order valence-electron chi connectivity index (χ1n) is 7.19. The summed E-state index contributed by atoms with van der Waals surface area (Å²) in [4.78, 5) is 15.8. The molecule has 0 radical (unpaired) electrons. The molecule has 0 unspecified atom stereocenters. The van der Waals surface area contributed by atoms with Crippen LogP contribution >= 0.6 is 0 Å². The third kappa shape index (κ3) is 4.15. The van der Waals surface area contributed by atoms with Crippen molar-refractivity contribution in [1.29, 1.82) is 0 Å². The smallest absolute Gasteiger partial charge is 0.339 e. The number of carbonyl (C=O) groups is 1. The Balaban J connectivity index is 1.92. The molecule has 0 saturated carbocycles. The summed E-state index contributed by atoms with van der Waals surface area (Å²) >= 11 is 0. The van der Waals surface area contributed by atoms with Gasteiger partial charge in [0.1, 0.15) is 5.82 Å². The number of hydrogen-bond donors (Lipinski definition) is 1. The number of hydrogen-bond acceptors (Lipinski definition) is 6. The third-order valence-electron chi connectivity index (χ3n) is 3.70. The summed E-state index contributed by atoms with van der Waals surface area (Å²) in [5.41, 5.74) is 0.245. The molecule has 0 aliphatic carbocycles. The second kappa shape index (κ2) is 7.38. The van der Waals surface area contributed by atoms with E-state index in [0.29, 0.717) is 37.7 Å². The Morgan fingerprint density at radius 2 is 2.19 bits per heavy atom. The number of esters is 1. The van der Waals surface area contributed by atoms with Crippen molar-refractivity contribution in [2.45, 2.75) is 25.4 Å². The summed E-state index contributed by atoms with van der Waals surface area (Å²) in [7, 11) is 1.73. The average Bonchev–Trinajstić information content (AvgIpc) is 2.54. The Morgan fingerprint density at radius 1 is 1.43 bits per heavy atom. The molecule has 116 valence electrons. The molecule has 0 atom stereocenters. The van der Waals surface area contributed by atoms with Crippen LogP contribution < -0.4 is 5.32 Å². The lowest BCUT2D eigenvalue weighted by Gasteiger charge is -2.36. The predicted molar refractivity (Wildman–Crippen MR) is 78.5 cm³/mol. The SMILES string of the molecule is CCOC(=O)c1ccc(NCC2(OC)CCOCC2)nc1. The van der Waals surface area contributed by atoms with E-state index in [1.165, 1.54) is 6.20 Å². The van der Waals surface area contributed by atoms with Crippen molar-refractivity contribution in [1.82, 2.24) is 4.98 Å². The number of nitrogens with zero attached hydrogens (tertiary/aromatic N) is 1. The largest absolute Gasteiger partial charge is 0.462 e. The Labute approximate surface area is 124 Å². The molecule has 2 rings (SSSR count). The summed E-state index contributed by atoms with van der Waals surface area (Å²) in [6, 6.07) is 3.48. The molecule has 0 amide bonds. The van der Waals surface area contributed by atoms with Crippen LogP contribution in [-0.4, -0.2) is 50.0 Å². The highest BCUT2D eigenvalue weighted by Crippen LogP contribution is 2.24. The molecule has 1 aliphatic rings. The van der Waals surface area contributed by atoms with Gasteiger partial charge in [0.15, 0.2) is 0 Å². The highest BCUT2D eigenvalue weighted by Gasteiger charge is 2.32. The molecule has 1 saturated heterocycles. The van der Waals surface area contributed by atoms with Crippen LogP contribution in [0.4, 0.5) is 5.82 Å². The highest BCUT2D eigenvalue weighted by atomic mass is 16.5. The summed E-state index contributed by atoms with van der Waals surface area (Å²) in [6.07, 6.45) is 3.23. The van der Waals surface area contributed by atoms with E-state index in [2.05, 4.69) is 10.3 Å². The Morgan fingerprint density at radius 3 is 2.76 bits per heavy atom. The summed E-state index contributed by atoms with van der Waals surface area (Å²) in [5.74, 6) is 0.361. The molecule has 1 aliphatic heterocycles. The topological polar surface area (TPSA) is 69.7 Å². The van der Waals surface area contributed by atoms with Gasteiger partial charge in [0.25, 0.3) is 0 Å². The fourth-order valence-electron chi connectivity index (χ4n) is 2.28. The van der Waals surface area contributed by atoms with Gasteiger partial charge in [-0.3, -0.25) is 0 Å². The lowest BCUT2D eigenvalue weighted by molar-refractivity contribution is -0.0807. The van der Waals surface area contributed by atoms with E-state index in [4.69, 9.17) is 14.2 Å². The van der Waals surface area contributed by atoms with Crippen LogP contribution in [-0.2, 0) is 14.2 Å². The van der Waals surface area contributed by atoms with E-state index >= 15 is 0 Å². The number of methoxy groups -OCH3 is 1. The van der Waals surface area contributed by atoms with Gasteiger partial charge >= 0.3 is 5.97 Å². The van der Waals surface area contributed by atoms with Crippen molar-refractivity contribution in [3.63, 3.8) is 0 Å². The van der Waals surface area contributed by atoms with Gasteiger partial charge in [-0.15, -0.1) is 0 Å². The average molecular weight is 294 g/mol. The minimum Gasteiger partial charge on any atom is -0.462 e. The van der Waals surface area contributed by atoms with Crippen LogP contribution in [0, 0.1) is 0 Å². The number of nitrogens with one attached hydrogen (secondary N) is 1. The first-order chi connectivity index (χ1) is 10.2. The van der Waals surface area contributed by atoms with Crippen LogP contribution in [0.2, 0.25) is 0 Å². The van der Waals surface area contributed by atoms with Gasteiger partial charge in [-0.2, -0.15) is 0 Å².